The van der Waals surface area contributed by atoms with Crippen LogP contribution in [0, 0.1) is 0 Å². The molecular formula is C14H20N2O2. The number of carbonyl (C=O) groups excluding carboxylic acids is 1. The summed E-state index contributed by atoms with van der Waals surface area (Å²) >= 11 is 0. The van der Waals surface area contributed by atoms with E-state index in [4.69, 9.17) is 10.5 Å². The van der Waals surface area contributed by atoms with Crippen LogP contribution in [0.25, 0.3) is 6.08 Å². The summed E-state index contributed by atoms with van der Waals surface area (Å²) in [4.78, 5) is 12.7. The smallest absolute Gasteiger partial charge is 0.241 e. The molecule has 1 amide bonds. The van der Waals surface area contributed by atoms with Crippen LogP contribution < -0.4 is 10.5 Å². The average molecular weight is 248 g/mol. The second-order valence-electron chi connectivity index (χ2n) is 4.31. The van der Waals surface area contributed by atoms with Gasteiger partial charge in [-0.1, -0.05) is 12.1 Å². The molecule has 1 aromatic carbocycles. The van der Waals surface area contributed by atoms with Crippen LogP contribution in [0.2, 0.25) is 0 Å². The minimum Gasteiger partial charge on any atom is -0.494 e. The first-order valence-electron chi connectivity index (χ1n) is 5.93. The molecular weight excluding hydrogens is 228 g/mol. The van der Waals surface area contributed by atoms with Crippen LogP contribution in [0.15, 0.2) is 30.3 Å². The van der Waals surface area contributed by atoms with Crippen molar-refractivity contribution in [2.45, 2.75) is 6.42 Å². The minimum absolute atomic E-state index is 0.445. The van der Waals surface area contributed by atoms with E-state index in [2.05, 4.69) is 4.90 Å². The Morgan fingerprint density at radius 3 is 2.56 bits per heavy atom. The molecule has 0 heterocycles. The zero-order chi connectivity index (χ0) is 13.4. The molecule has 0 unspecified atom stereocenters. The minimum atomic E-state index is -0.445. The first-order chi connectivity index (χ1) is 8.58. The molecule has 0 fully saturated rings. The SMILES string of the molecule is CN(C)CCCOc1ccc(/C=C/C(N)=O)cc1. The van der Waals surface area contributed by atoms with Crippen LogP contribution in [-0.2, 0) is 4.79 Å². The van der Waals surface area contributed by atoms with Crippen molar-refractivity contribution < 1.29 is 9.53 Å². The maximum Gasteiger partial charge on any atom is 0.241 e. The summed E-state index contributed by atoms with van der Waals surface area (Å²) in [5.74, 6) is 0.393. The van der Waals surface area contributed by atoms with Crippen molar-refractivity contribution in [3.63, 3.8) is 0 Å². The number of primary amides is 1. The van der Waals surface area contributed by atoms with Crippen LogP contribution >= 0.6 is 0 Å². The van der Waals surface area contributed by atoms with E-state index in [0.717, 1.165) is 24.3 Å². The van der Waals surface area contributed by atoms with Crippen molar-refractivity contribution in [1.29, 1.82) is 0 Å². The molecule has 0 saturated carbocycles. The number of amides is 1. The molecule has 0 aromatic heterocycles. The molecule has 1 aromatic rings. The van der Waals surface area contributed by atoms with E-state index in [9.17, 15) is 4.79 Å². The largest absolute Gasteiger partial charge is 0.494 e. The Balaban J connectivity index is 2.38. The number of hydrogen-bond donors (Lipinski definition) is 1. The topological polar surface area (TPSA) is 55.6 Å². The highest BCUT2D eigenvalue weighted by atomic mass is 16.5. The third-order valence-electron chi connectivity index (χ3n) is 2.34. The molecule has 0 aliphatic heterocycles. The highest BCUT2D eigenvalue weighted by molar-refractivity contribution is 5.90. The lowest BCUT2D eigenvalue weighted by atomic mass is 10.2. The summed E-state index contributed by atoms with van der Waals surface area (Å²) in [6.45, 7) is 1.72. The van der Waals surface area contributed by atoms with E-state index in [1.54, 1.807) is 6.08 Å². The van der Waals surface area contributed by atoms with Gasteiger partial charge in [0.25, 0.3) is 0 Å². The Kier molecular flexibility index (Phi) is 5.94. The third-order valence-corrected chi connectivity index (χ3v) is 2.34. The number of hydrogen-bond acceptors (Lipinski definition) is 3. The second-order valence-corrected chi connectivity index (χ2v) is 4.31. The number of nitrogens with two attached hydrogens (primary N) is 1. The number of ether oxygens (including phenoxy) is 1. The fraction of sp³-hybridized carbons (Fsp3) is 0.357. The van der Waals surface area contributed by atoms with Gasteiger partial charge in [0.2, 0.25) is 5.91 Å². The van der Waals surface area contributed by atoms with Crippen molar-refractivity contribution in [2.24, 2.45) is 5.73 Å². The average Bonchev–Trinajstić information content (AvgIpc) is 2.33. The Morgan fingerprint density at radius 2 is 2.00 bits per heavy atom. The lowest BCUT2D eigenvalue weighted by Gasteiger charge is -2.10. The number of carbonyl (C=O) groups is 1. The molecule has 0 bridgehead atoms. The summed E-state index contributed by atoms with van der Waals surface area (Å²) < 4.78 is 5.59. The number of rotatable bonds is 7. The van der Waals surface area contributed by atoms with Crippen LogP contribution in [0.1, 0.15) is 12.0 Å². The normalized spacial score (nSPS) is 11.1. The second kappa shape index (κ2) is 7.50. The molecule has 0 atom stereocenters. The van der Waals surface area contributed by atoms with E-state index < -0.39 is 5.91 Å². The Hall–Kier alpha value is -1.81. The lowest BCUT2D eigenvalue weighted by molar-refractivity contribution is -0.113. The molecule has 0 spiro atoms. The molecule has 4 nitrogen and oxygen atoms in total. The van der Waals surface area contributed by atoms with Gasteiger partial charge in [-0.3, -0.25) is 4.79 Å². The van der Waals surface area contributed by atoms with Crippen LogP contribution in [0.5, 0.6) is 5.75 Å². The van der Waals surface area contributed by atoms with Crippen molar-refractivity contribution in [3.05, 3.63) is 35.9 Å². The molecule has 0 aliphatic rings. The van der Waals surface area contributed by atoms with E-state index in [-0.39, 0.29) is 0 Å². The highest BCUT2D eigenvalue weighted by Crippen LogP contribution is 2.13. The number of nitrogens with zero attached hydrogens (tertiary/aromatic N) is 1. The summed E-state index contributed by atoms with van der Waals surface area (Å²) in [5, 5.41) is 0. The summed E-state index contributed by atoms with van der Waals surface area (Å²) in [7, 11) is 4.08. The molecule has 0 radical (unpaired) electrons. The van der Waals surface area contributed by atoms with Crippen molar-refractivity contribution in [2.75, 3.05) is 27.2 Å². The Labute approximate surface area is 108 Å². The van der Waals surface area contributed by atoms with E-state index >= 15 is 0 Å². The lowest BCUT2D eigenvalue weighted by Crippen LogP contribution is -2.15. The molecule has 0 aliphatic carbocycles. The van der Waals surface area contributed by atoms with Crippen LogP contribution in [0.4, 0.5) is 0 Å². The summed E-state index contributed by atoms with van der Waals surface area (Å²) in [5.41, 5.74) is 5.95. The third kappa shape index (κ3) is 6.06. The maximum atomic E-state index is 10.6. The molecule has 2 N–H and O–H groups in total. The van der Waals surface area contributed by atoms with Gasteiger partial charge in [-0.15, -0.1) is 0 Å². The Morgan fingerprint density at radius 1 is 1.33 bits per heavy atom. The van der Waals surface area contributed by atoms with Gasteiger partial charge in [0.1, 0.15) is 5.75 Å². The van der Waals surface area contributed by atoms with Gasteiger partial charge in [0.15, 0.2) is 0 Å². The summed E-state index contributed by atoms with van der Waals surface area (Å²) in [6.07, 6.45) is 4.02. The fourth-order valence-corrected chi connectivity index (χ4v) is 1.42. The van der Waals surface area contributed by atoms with Gasteiger partial charge >= 0.3 is 0 Å². The van der Waals surface area contributed by atoms with Crippen LogP contribution in [0.3, 0.4) is 0 Å². The zero-order valence-corrected chi connectivity index (χ0v) is 10.9. The first-order valence-corrected chi connectivity index (χ1v) is 5.93. The van der Waals surface area contributed by atoms with Crippen molar-refractivity contribution >= 4 is 12.0 Å². The van der Waals surface area contributed by atoms with Gasteiger partial charge in [0, 0.05) is 12.6 Å². The maximum absolute atomic E-state index is 10.6. The summed E-state index contributed by atoms with van der Waals surface area (Å²) in [6, 6.07) is 7.55. The fourth-order valence-electron chi connectivity index (χ4n) is 1.42. The van der Waals surface area contributed by atoms with E-state index in [1.807, 2.05) is 38.4 Å². The van der Waals surface area contributed by atoms with Gasteiger partial charge in [0.05, 0.1) is 6.61 Å². The first kappa shape index (κ1) is 14.3. The number of benzene rings is 1. The van der Waals surface area contributed by atoms with Gasteiger partial charge in [-0.05, 0) is 44.3 Å². The monoisotopic (exact) mass is 248 g/mol. The van der Waals surface area contributed by atoms with E-state index in [1.165, 1.54) is 6.08 Å². The highest BCUT2D eigenvalue weighted by Gasteiger charge is 1.95. The zero-order valence-electron chi connectivity index (χ0n) is 10.9. The van der Waals surface area contributed by atoms with Gasteiger partial charge < -0.3 is 15.4 Å². The quantitative estimate of drug-likeness (QED) is 0.588. The van der Waals surface area contributed by atoms with Gasteiger partial charge in [-0.25, -0.2) is 0 Å². The predicted octanol–water partition coefficient (Wildman–Crippen LogP) is 1.52. The molecule has 0 saturated heterocycles. The van der Waals surface area contributed by atoms with Gasteiger partial charge in [-0.2, -0.15) is 0 Å². The van der Waals surface area contributed by atoms with Crippen molar-refractivity contribution in [1.82, 2.24) is 4.90 Å². The standard InChI is InChI=1S/C14H20N2O2/c1-16(2)10-3-11-18-13-7-4-12(5-8-13)6-9-14(15)17/h4-9H,3,10-11H2,1-2H3,(H2,15,17)/b9-6+. The predicted molar refractivity (Wildman–Crippen MR) is 73.3 cm³/mol. The molecule has 4 heteroatoms. The van der Waals surface area contributed by atoms with Crippen molar-refractivity contribution in [3.8, 4) is 5.75 Å². The van der Waals surface area contributed by atoms with E-state index in [0.29, 0.717) is 6.61 Å². The molecule has 1 rings (SSSR count). The van der Waals surface area contributed by atoms with Crippen LogP contribution in [-0.4, -0.2) is 38.1 Å². The molecule has 98 valence electrons. The Bertz CT molecular complexity index is 397. The molecule has 18 heavy (non-hydrogen) atoms.